The van der Waals surface area contributed by atoms with Crippen LogP contribution in [0.1, 0.15) is 11.1 Å². The normalized spacial score (nSPS) is 11.6. The van der Waals surface area contributed by atoms with Crippen LogP contribution in [0.3, 0.4) is 0 Å². The monoisotopic (exact) mass is 417 g/mol. The molecule has 0 saturated heterocycles. The molecule has 0 aromatic heterocycles. The quantitative estimate of drug-likeness (QED) is 0.316. The first-order valence-electron chi connectivity index (χ1n) is 9.70. The second-order valence-electron chi connectivity index (χ2n) is 7.23. The summed E-state index contributed by atoms with van der Waals surface area (Å²) in [7, 11) is -1.81. The van der Waals surface area contributed by atoms with Gasteiger partial charge in [-0.3, -0.25) is 0 Å². The molecule has 30 heavy (non-hydrogen) atoms. The second kappa shape index (κ2) is 8.32. The van der Waals surface area contributed by atoms with E-state index in [-0.39, 0.29) is 0 Å². The van der Waals surface area contributed by atoms with E-state index < -0.39 is 20.5 Å². The first-order chi connectivity index (χ1) is 14.4. The minimum absolute atomic E-state index is 0.362. The Balaban J connectivity index is 1.91. The maximum atomic E-state index is 14.2. The van der Waals surface area contributed by atoms with Gasteiger partial charge in [-0.2, -0.15) is 13.2 Å². The molecule has 1 radical (unpaired) electrons. The van der Waals surface area contributed by atoms with Gasteiger partial charge >= 0.3 is 6.18 Å². The molecule has 149 valence electrons. The van der Waals surface area contributed by atoms with Crippen LogP contribution in [0.4, 0.5) is 13.2 Å². The maximum Gasteiger partial charge on any atom is 0.416 e. The van der Waals surface area contributed by atoms with Gasteiger partial charge in [-0.15, -0.1) is 0 Å². The SMILES string of the molecule is Cc1ccc(-c2ccc([Si](c3ccccc3)c3ccccc3)c(C(F)(F)F)c2)cc1. The Kier molecular flexibility index (Phi) is 5.60. The van der Waals surface area contributed by atoms with E-state index in [4.69, 9.17) is 0 Å². The number of hydrogen-bond acceptors (Lipinski definition) is 0. The van der Waals surface area contributed by atoms with Gasteiger partial charge in [0, 0.05) is 0 Å². The van der Waals surface area contributed by atoms with Crippen molar-refractivity contribution < 1.29 is 13.2 Å². The predicted octanol–water partition coefficient (Wildman–Crippen LogP) is 5.20. The highest BCUT2D eigenvalue weighted by molar-refractivity contribution is 6.95. The van der Waals surface area contributed by atoms with E-state index >= 15 is 0 Å². The zero-order valence-electron chi connectivity index (χ0n) is 16.4. The third-order valence-corrected chi connectivity index (χ3v) is 7.90. The second-order valence-corrected chi connectivity index (χ2v) is 9.67. The number of hydrogen-bond donors (Lipinski definition) is 0. The molecule has 0 heterocycles. The Hall–Kier alpha value is -3.11. The number of halogens is 3. The zero-order valence-corrected chi connectivity index (χ0v) is 17.4. The fourth-order valence-corrected chi connectivity index (χ4v) is 6.35. The maximum absolute atomic E-state index is 14.2. The van der Waals surface area contributed by atoms with Crippen LogP contribution in [0.5, 0.6) is 0 Å². The summed E-state index contributed by atoms with van der Waals surface area (Å²) in [6.45, 7) is 1.96. The van der Waals surface area contributed by atoms with E-state index in [1.165, 1.54) is 6.07 Å². The molecule has 0 aliphatic heterocycles. The summed E-state index contributed by atoms with van der Waals surface area (Å²) >= 11 is 0. The first kappa shape index (κ1) is 20.2. The van der Waals surface area contributed by atoms with E-state index in [1.54, 1.807) is 6.07 Å². The Morgan fingerprint density at radius 2 is 1.10 bits per heavy atom. The van der Waals surface area contributed by atoms with Gasteiger partial charge in [0.2, 0.25) is 0 Å². The van der Waals surface area contributed by atoms with Crippen molar-refractivity contribution in [2.75, 3.05) is 0 Å². The molecule has 0 amide bonds. The zero-order chi connectivity index (χ0) is 21.1. The predicted molar refractivity (Wildman–Crippen MR) is 119 cm³/mol. The lowest BCUT2D eigenvalue weighted by Gasteiger charge is -2.22. The smallest absolute Gasteiger partial charge is 0.166 e. The van der Waals surface area contributed by atoms with Crippen LogP contribution < -0.4 is 15.6 Å². The van der Waals surface area contributed by atoms with Crippen LogP contribution in [-0.4, -0.2) is 8.80 Å². The van der Waals surface area contributed by atoms with Gasteiger partial charge in [0.1, 0.15) is 0 Å². The van der Waals surface area contributed by atoms with Crippen molar-refractivity contribution in [2.24, 2.45) is 0 Å². The molecule has 0 aliphatic rings. The number of benzene rings is 4. The fourth-order valence-electron chi connectivity index (χ4n) is 3.61. The van der Waals surface area contributed by atoms with Gasteiger partial charge in [-0.25, -0.2) is 0 Å². The van der Waals surface area contributed by atoms with Crippen molar-refractivity contribution in [1.29, 1.82) is 0 Å². The van der Waals surface area contributed by atoms with Crippen LogP contribution in [0.2, 0.25) is 0 Å². The number of rotatable bonds is 4. The lowest BCUT2D eigenvalue weighted by atomic mass is 10.0. The molecular weight excluding hydrogens is 397 g/mol. The summed E-state index contributed by atoms with van der Waals surface area (Å²) in [6.07, 6.45) is -4.44. The highest BCUT2D eigenvalue weighted by Crippen LogP contribution is 2.31. The average Bonchev–Trinajstić information content (AvgIpc) is 2.76. The van der Waals surface area contributed by atoms with Crippen LogP contribution in [0.15, 0.2) is 103 Å². The fraction of sp³-hybridized carbons (Fsp3) is 0.0769. The summed E-state index contributed by atoms with van der Waals surface area (Å²) < 4.78 is 42.6. The van der Waals surface area contributed by atoms with Crippen LogP contribution in [0.25, 0.3) is 11.1 Å². The standard InChI is InChI=1S/C26H20F3Si/c1-19-12-14-20(15-13-19)21-16-17-25(24(18-21)26(27,28)29)30(22-8-4-2-5-9-22)23-10-6-3-7-11-23/h2-18H,1H3. The van der Waals surface area contributed by atoms with E-state index in [9.17, 15) is 13.2 Å². The summed E-state index contributed by atoms with van der Waals surface area (Å²) in [4.78, 5) is 0. The molecule has 0 bridgehead atoms. The molecule has 0 spiro atoms. The Bertz CT molecular complexity index is 1080. The van der Waals surface area contributed by atoms with E-state index in [0.29, 0.717) is 10.8 Å². The van der Waals surface area contributed by atoms with Crippen molar-refractivity contribution in [2.45, 2.75) is 13.1 Å². The van der Waals surface area contributed by atoms with Crippen molar-refractivity contribution in [3.63, 3.8) is 0 Å². The molecular formula is C26H20F3Si. The van der Waals surface area contributed by atoms with Crippen LogP contribution in [0, 0.1) is 6.92 Å². The highest BCUT2D eigenvalue weighted by atomic mass is 28.3. The van der Waals surface area contributed by atoms with Crippen molar-refractivity contribution in [1.82, 2.24) is 0 Å². The van der Waals surface area contributed by atoms with E-state index in [1.807, 2.05) is 97.9 Å². The largest absolute Gasteiger partial charge is 0.416 e. The number of alkyl halides is 3. The summed E-state index contributed by atoms with van der Waals surface area (Å²) in [5.74, 6) is 0. The van der Waals surface area contributed by atoms with Gasteiger partial charge in [0.05, 0.1) is 5.56 Å². The van der Waals surface area contributed by atoms with E-state index in [0.717, 1.165) is 21.5 Å². The average molecular weight is 418 g/mol. The Morgan fingerprint density at radius 1 is 0.600 bits per heavy atom. The van der Waals surface area contributed by atoms with Crippen molar-refractivity contribution in [3.8, 4) is 11.1 Å². The topological polar surface area (TPSA) is 0 Å². The van der Waals surface area contributed by atoms with E-state index in [2.05, 4.69) is 0 Å². The Morgan fingerprint density at radius 3 is 1.60 bits per heavy atom. The first-order valence-corrected chi connectivity index (χ1v) is 11.2. The highest BCUT2D eigenvalue weighted by Gasteiger charge is 2.37. The lowest BCUT2D eigenvalue weighted by Crippen LogP contribution is -2.54. The molecule has 4 aromatic carbocycles. The third kappa shape index (κ3) is 4.24. The molecule has 0 aliphatic carbocycles. The molecule has 0 unspecified atom stereocenters. The van der Waals surface area contributed by atoms with Gasteiger partial charge in [0.25, 0.3) is 0 Å². The third-order valence-electron chi connectivity index (χ3n) is 5.10. The molecule has 0 N–H and O–H groups in total. The van der Waals surface area contributed by atoms with Crippen LogP contribution in [-0.2, 0) is 6.18 Å². The number of aryl methyl sites for hydroxylation is 1. The molecule has 0 fully saturated rings. The molecule has 4 rings (SSSR count). The van der Waals surface area contributed by atoms with Gasteiger partial charge in [0.15, 0.2) is 8.80 Å². The van der Waals surface area contributed by atoms with Gasteiger partial charge in [-0.1, -0.05) is 113 Å². The minimum Gasteiger partial charge on any atom is -0.166 e. The summed E-state index contributed by atoms with van der Waals surface area (Å²) in [5, 5.41) is 2.23. The van der Waals surface area contributed by atoms with Gasteiger partial charge < -0.3 is 0 Å². The van der Waals surface area contributed by atoms with Crippen molar-refractivity contribution in [3.05, 3.63) is 114 Å². The van der Waals surface area contributed by atoms with Crippen LogP contribution >= 0.6 is 0 Å². The molecule has 0 saturated carbocycles. The Labute approximate surface area is 176 Å². The van der Waals surface area contributed by atoms with Crippen molar-refractivity contribution >= 4 is 24.4 Å². The molecule has 4 aromatic rings. The van der Waals surface area contributed by atoms with Gasteiger partial charge in [-0.05, 0) is 29.3 Å². The summed E-state index contributed by atoms with van der Waals surface area (Å²) in [5.41, 5.74) is 1.88. The molecule has 0 atom stereocenters. The molecule has 4 heteroatoms. The minimum atomic E-state index is -4.44. The molecule has 0 nitrogen and oxygen atoms in total. The summed E-state index contributed by atoms with van der Waals surface area (Å²) in [6, 6.07) is 31.4. The lowest BCUT2D eigenvalue weighted by molar-refractivity contribution is -0.136.